The van der Waals surface area contributed by atoms with Crippen LogP contribution in [0.25, 0.3) is 21.3 Å². The lowest BCUT2D eigenvalue weighted by molar-refractivity contribution is 0.0736. The molecule has 0 spiro atoms. The van der Waals surface area contributed by atoms with E-state index in [1.165, 1.54) is 11.3 Å². The normalized spacial score (nSPS) is 13.2. The quantitative estimate of drug-likeness (QED) is 0.406. The second kappa shape index (κ2) is 9.26. The number of fused-ring (bicyclic) bond motifs is 1. The van der Waals surface area contributed by atoms with Crippen LogP contribution >= 0.6 is 11.3 Å². The van der Waals surface area contributed by atoms with Crippen molar-refractivity contribution in [1.82, 2.24) is 25.0 Å². The lowest BCUT2D eigenvalue weighted by Crippen LogP contribution is -2.40. The standard InChI is InChI=1S/C25H26N6O2S/c1-30-19-10-6-5-9-18(19)20(29-30)23(32)27-13-14-31(15-16-11-12-16)24(33)21-22(34-25(26)28-21)17-7-3-2-4-8-17/h2-10,16H,11-15H2,1H3,(H2,26,28)(H,27,32). The van der Waals surface area contributed by atoms with Crippen molar-refractivity contribution in [1.29, 1.82) is 0 Å². The minimum absolute atomic E-state index is 0.156. The minimum atomic E-state index is -0.251. The SMILES string of the molecule is Cn1nc(C(=O)NCCN(CC2CC2)C(=O)c2nc(N)sc2-c2ccccc2)c2ccccc21. The molecule has 1 aliphatic carbocycles. The van der Waals surface area contributed by atoms with E-state index in [9.17, 15) is 9.59 Å². The largest absolute Gasteiger partial charge is 0.375 e. The number of rotatable bonds is 8. The number of carbonyl (C=O) groups is 2. The van der Waals surface area contributed by atoms with Crippen molar-refractivity contribution in [2.75, 3.05) is 25.4 Å². The van der Waals surface area contributed by atoms with Gasteiger partial charge < -0.3 is 16.0 Å². The Morgan fingerprint density at radius 1 is 1.12 bits per heavy atom. The van der Waals surface area contributed by atoms with Gasteiger partial charge in [0.25, 0.3) is 11.8 Å². The number of aromatic nitrogens is 3. The highest BCUT2D eigenvalue weighted by atomic mass is 32.1. The van der Waals surface area contributed by atoms with Crippen molar-refractivity contribution < 1.29 is 9.59 Å². The molecule has 0 bridgehead atoms. The predicted octanol–water partition coefficient (Wildman–Crippen LogP) is 3.56. The maximum absolute atomic E-state index is 13.5. The van der Waals surface area contributed by atoms with Crippen molar-refractivity contribution in [2.24, 2.45) is 13.0 Å². The van der Waals surface area contributed by atoms with E-state index >= 15 is 0 Å². The van der Waals surface area contributed by atoms with Crippen molar-refractivity contribution >= 4 is 39.2 Å². The summed E-state index contributed by atoms with van der Waals surface area (Å²) in [5, 5.41) is 8.48. The minimum Gasteiger partial charge on any atom is -0.375 e. The maximum atomic E-state index is 13.5. The average molecular weight is 475 g/mol. The summed E-state index contributed by atoms with van der Waals surface area (Å²) in [6.45, 7) is 1.35. The predicted molar refractivity (Wildman–Crippen MR) is 134 cm³/mol. The van der Waals surface area contributed by atoms with Crippen LogP contribution in [0, 0.1) is 5.92 Å². The van der Waals surface area contributed by atoms with Gasteiger partial charge in [-0.1, -0.05) is 59.9 Å². The van der Waals surface area contributed by atoms with Gasteiger partial charge in [-0.3, -0.25) is 14.3 Å². The molecule has 174 valence electrons. The summed E-state index contributed by atoms with van der Waals surface area (Å²) < 4.78 is 1.70. The Kier molecular flexibility index (Phi) is 6.02. The lowest BCUT2D eigenvalue weighted by Gasteiger charge is -2.22. The van der Waals surface area contributed by atoms with Crippen molar-refractivity contribution in [3.63, 3.8) is 0 Å². The van der Waals surface area contributed by atoms with Crippen LogP contribution < -0.4 is 11.1 Å². The number of nitrogen functional groups attached to an aromatic ring is 1. The molecular weight excluding hydrogens is 448 g/mol. The van der Waals surface area contributed by atoms with E-state index in [1.54, 1.807) is 9.58 Å². The van der Waals surface area contributed by atoms with Crippen LogP contribution in [0.1, 0.15) is 33.8 Å². The van der Waals surface area contributed by atoms with Gasteiger partial charge in [0.15, 0.2) is 10.8 Å². The van der Waals surface area contributed by atoms with E-state index in [0.717, 1.165) is 34.2 Å². The number of benzene rings is 2. The molecule has 2 heterocycles. The average Bonchev–Trinajstić information content (AvgIpc) is 3.49. The fraction of sp³-hybridized carbons (Fsp3) is 0.280. The van der Waals surface area contributed by atoms with Crippen molar-refractivity contribution in [2.45, 2.75) is 12.8 Å². The Bertz CT molecular complexity index is 1340. The van der Waals surface area contributed by atoms with Crippen LogP contribution in [0.15, 0.2) is 54.6 Å². The molecule has 0 saturated heterocycles. The first kappa shape index (κ1) is 22.1. The van der Waals surface area contributed by atoms with Crippen LogP contribution in [0.2, 0.25) is 0 Å². The fourth-order valence-electron chi connectivity index (χ4n) is 4.07. The zero-order valence-electron chi connectivity index (χ0n) is 18.9. The van der Waals surface area contributed by atoms with Gasteiger partial charge in [-0.15, -0.1) is 0 Å². The van der Waals surface area contributed by atoms with Gasteiger partial charge in [-0.2, -0.15) is 5.10 Å². The van der Waals surface area contributed by atoms with Gasteiger partial charge in [-0.05, 0) is 30.4 Å². The molecule has 0 radical (unpaired) electrons. The summed E-state index contributed by atoms with van der Waals surface area (Å²) in [6, 6.07) is 17.3. The molecule has 3 N–H and O–H groups in total. The third kappa shape index (κ3) is 4.51. The third-order valence-electron chi connectivity index (χ3n) is 5.99. The van der Waals surface area contributed by atoms with Crippen molar-refractivity contribution in [3.8, 4) is 10.4 Å². The van der Waals surface area contributed by atoms with Gasteiger partial charge >= 0.3 is 0 Å². The highest BCUT2D eigenvalue weighted by Crippen LogP contribution is 2.34. The number of nitrogens with one attached hydrogen (secondary N) is 1. The first-order valence-corrected chi connectivity index (χ1v) is 12.1. The highest BCUT2D eigenvalue weighted by molar-refractivity contribution is 7.19. The number of carbonyl (C=O) groups excluding carboxylic acids is 2. The Hall–Kier alpha value is -3.72. The summed E-state index contributed by atoms with van der Waals surface area (Å²) in [6.07, 6.45) is 2.22. The second-order valence-electron chi connectivity index (χ2n) is 8.54. The number of anilines is 1. The topological polar surface area (TPSA) is 106 Å². The number of hydrogen-bond donors (Lipinski definition) is 2. The molecule has 4 aromatic rings. The molecule has 8 nitrogen and oxygen atoms in total. The summed E-state index contributed by atoms with van der Waals surface area (Å²) in [5.41, 5.74) is 8.56. The van der Waals surface area contributed by atoms with Gasteiger partial charge in [-0.25, -0.2) is 4.98 Å². The molecule has 9 heteroatoms. The zero-order valence-corrected chi connectivity index (χ0v) is 19.7. The van der Waals surface area contributed by atoms with E-state index in [2.05, 4.69) is 15.4 Å². The zero-order chi connectivity index (χ0) is 23.7. The van der Waals surface area contributed by atoms with Gasteiger partial charge in [0, 0.05) is 32.1 Å². The first-order chi connectivity index (χ1) is 16.5. The summed E-state index contributed by atoms with van der Waals surface area (Å²) in [5.74, 6) is 0.0882. The molecular formula is C25H26N6O2S. The monoisotopic (exact) mass is 474 g/mol. The van der Waals surface area contributed by atoms with Crippen LogP contribution in [0.5, 0.6) is 0 Å². The first-order valence-electron chi connectivity index (χ1n) is 11.3. The van der Waals surface area contributed by atoms with Crippen LogP contribution in [0.3, 0.4) is 0 Å². The van der Waals surface area contributed by atoms with E-state index in [0.29, 0.717) is 42.1 Å². The lowest BCUT2D eigenvalue weighted by atomic mass is 10.1. The van der Waals surface area contributed by atoms with Gasteiger partial charge in [0.1, 0.15) is 5.69 Å². The Morgan fingerprint density at radius 2 is 1.85 bits per heavy atom. The van der Waals surface area contributed by atoms with E-state index in [4.69, 9.17) is 5.73 Å². The Morgan fingerprint density at radius 3 is 2.62 bits per heavy atom. The van der Waals surface area contributed by atoms with Crippen LogP contribution in [-0.2, 0) is 7.05 Å². The molecule has 5 rings (SSSR count). The summed E-state index contributed by atoms with van der Waals surface area (Å²) in [4.78, 5) is 33.3. The van der Waals surface area contributed by atoms with Gasteiger partial charge in [0.05, 0.1) is 10.4 Å². The van der Waals surface area contributed by atoms with Crippen LogP contribution in [-0.4, -0.2) is 51.1 Å². The number of aryl methyl sites for hydroxylation is 1. The summed E-state index contributed by atoms with van der Waals surface area (Å²) in [7, 11) is 1.82. The molecule has 1 aliphatic rings. The molecule has 0 aliphatic heterocycles. The van der Waals surface area contributed by atoms with E-state index in [1.807, 2.05) is 61.6 Å². The highest BCUT2D eigenvalue weighted by Gasteiger charge is 2.30. The fourth-order valence-corrected chi connectivity index (χ4v) is 4.90. The molecule has 1 fully saturated rings. The van der Waals surface area contributed by atoms with Crippen LogP contribution in [0.4, 0.5) is 5.13 Å². The Labute approximate surface area is 201 Å². The number of nitrogens with two attached hydrogens (primary N) is 1. The molecule has 2 aromatic heterocycles. The molecule has 0 atom stereocenters. The number of nitrogens with zero attached hydrogens (tertiary/aromatic N) is 4. The molecule has 0 unspecified atom stereocenters. The van der Waals surface area contributed by atoms with Crippen molar-refractivity contribution in [3.05, 3.63) is 66.0 Å². The summed E-state index contributed by atoms with van der Waals surface area (Å²) >= 11 is 1.32. The number of amides is 2. The number of hydrogen-bond acceptors (Lipinski definition) is 6. The Balaban J connectivity index is 1.31. The second-order valence-corrected chi connectivity index (χ2v) is 9.57. The van der Waals surface area contributed by atoms with E-state index < -0.39 is 0 Å². The molecule has 2 aromatic carbocycles. The molecule has 34 heavy (non-hydrogen) atoms. The molecule has 1 saturated carbocycles. The van der Waals surface area contributed by atoms with E-state index in [-0.39, 0.29) is 11.8 Å². The number of para-hydroxylation sites is 1. The smallest absolute Gasteiger partial charge is 0.274 e. The molecule has 2 amide bonds. The maximum Gasteiger partial charge on any atom is 0.274 e. The third-order valence-corrected chi connectivity index (χ3v) is 6.92. The number of thiazole rings is 1. The van der Waals surface area contributed by atoms with Gasteiger partial charge in [0.2, 0.25) is 0 Å².